The Hall–Kier alpha value is -0.580. The highest BCUT2D eigenvalue weighted by molar-refractivity contribution is 9.10. The van der Waals surface area contributed by atoms with Gasteiger partial charge in [-0.3, -0.25) is 4.79 Å². The number of amides is 1. The van der Waals surface area contributed by atoms with E-state index in [-0.39, 0.29) is 11.8 Å². The van der Waals surface area contributed by atoms with Gasteiger partial charge in [0.2, 0.25) is 5.91 Å². The van der Waals surface area contributed by atoms with Gasteiger partial charge in [0.05, 0.1) is 0 Å². The molecule has 0 aliphatic heterocycles. The summed E-state index contributed by atoms with van der Waals surface area (Å²) in [5, 5.41) is 6.49. The van der Waals surface area contributed by atoms with Crippen molar-refractivity contribution in [3.05, 3.63) is 33.3 Å². The number of nitrogens with one attached hydrogen (secondary N) is 2. The van der Waals surface area contributed by atoms with Gasteiger partial charge in [-0.2, -0.15) is 0 Å². The first-order chi connectivity index (χ1) is 8.04. The summed E-state index contributed by atoms with van der Waals surface area (Å²) in [4.78, 5) is 11.7. The highest BCUT2D eigenvalue weighted by Gasteiger charge is 2.11. The smallest absolute Gasteiger partial charge is 0.224 e. The fourth-order valence-corrected chi connectivity index (χ4v) is 2.16. The summed E-state index contributed by atoms with van der Waals surface area (Å²) in [5.74, 6) is -0.0208. The zero-order valence-electron chi connectivity index (χ0n) is 9.89. The minimum absolute atomic E-state index is 0.0262. The molecule has 3 nitrogen and oxygen atoms in total. The summed E-state index contributed by atoms with van der Waals surface area (Å²) < 4.78 is 0.932. The average Bonchev–Trinajstić information content (AvgIpc) is 2.27. The molecule has 94 valence electrons. The Bertz CT molecular complexity index is 398. The molecule has 0 radical (unpaired) electrons. The molecule has 5 heteroatoms. The van der Waals surface area contributed by atoms with Crippen molar-refractivity contribution in [1.82, 2.24) is 10.6 Å². The Labute approximate surface area is 115 Å². The van der Waals surface area contributed by atoms with Gasteiger partial charge in [-0.1, -0.05) is 40.5 Å². The van der Waals surface area contributed by atoms with Crippen molar-refractivity contribution in [1.29, 1.82) is 0 Å². The lowest BCUT2D eigenvalue weighted by Gasteiger charge is -2.12. The van der Waals surface area contributed by atoms with Crippen LogP contribution in [0.3, 0.4) is 0 Å². The van der Waals surface area contributed by atoms with Crippen LogP contribution in [0.5, 0.6) is 0 Å². The lowest BCUT2D eigenvalue weighted by atomic mass is 10.1. The molecule has 1 amide bonds. The lowest BCUT2D eigenvalue weighted by Crippen LogP contribution is -2.33. The summed E-state index contributed by atoms with van der Waals surface area (Å²) in [6.07, 6.45) is 0. The summed E-state index contributed by atoms with van der Waals surface area (Å²) in [5.41, 5.74) is 0.917. The Morgan fingerprint density at radius 3 is 2.82 bits per heavy atom. The van der Waals surface area contributed by atoms with Crippen LogP contribution in [0.2, 0.25) is 5.02 Å². The zero-order valence-corrected chi connectivity index (χ0v) is 12.2. The van der Waals surface area contributed by atoms with Crippen LogP contribution < -0.4 is 10.6 Å². The molecule has 2 N–H and O–H groups in total. The van der Waals surface area contributed by atoms with Gasteiger partial charge in [0, 0.05) is 28.5 Å². The number of hydrogen-bond donors (Lipinski definition) is 2. The lowest BCUT2D eigenvalue weighted by molar-refractivity contribution is -0.124. The van der Waals surface area contributed by atoms with E-state index in [1.165, 1.54) is 0 Å². The summed E-state index contributed by atoms with van der Waals surface area (Å²) in [6, 6.07) is 5.62. The molecule has 0 saturated heterocycles. The topological polar surface area (TPSA) is 41.1 Å². The third-order valence-corrected chi connectivity index (χ3v) is 3.27. The van der Waals surface area contributed by atoms with Gasteiger partial charge in [-0.25, -0.2) is 0 Å². The molecule has 0 spiro atoms. The highest BCUT2D eigenvalue weighted by Crippen LogP contribution is 2.21. The monoisotopic (exact) mass is 318 g/mol. The summed E-state index contributed by atoms with van der Waals surface area (Å²) in [7, 11) is 1.83. The highest BCUT2D eigenvalue weighted by atomic mass is 79.9. The van der Waals surface area contributed by atoms with Crippen molar-refractivity contribution in [2.45, 2.75) is 13.5 Å². The number of halogens is 2. The molecule has 1 aromatic rings. The first kappa shape index (κ1) is 14.5. The number of carbonyl (C=O) groups excluding carboxylic acids is 1. The van der Waals surface area contributed by atoms with Crippen LogP contribution in [0.1, 0.15) is 12.5 Å². The number of rotatable bonds is 5. The molecule has 0 heterocycles. The van der Waals surface area contributed by atoms with Crippen LogP contribution in [0, 0.1) is 5.92 Å². The SMILES string of the molecule is CNCC(C)C(=O)NCc1ccc(Br)cc1Cl. The van der Waals surface area contributed by atoms with Crippen molar-refractivity contribution in [3.8, 4) is 0 Å². The second kappa shape index (κ2) is 6.99. The van der Waals surface area contributed by atoms with E-state index in [9.17, 15) is 4.79 Å². The second-order valence-corrected chi connectivity index (χ2v) is 5.24. The van der Waals surface area contributed by atoms with Crippen LogP contribution in [-0.4, -0.2) is 19.5 Å². The maximum atomic E-state index is 11.7. The van der Waals surface area contributed by atoms with Gasteiger partial charge >= 0.3 is 0 Å². The molecule has 0 aliphatic carbocycles. The Morgan fingerprint density at radius 1 is 1.53 bits per heavy atom. The molecule has 0 bridgehead atoms. The molecular formula is C12H16BrClN2O. The van der Waals surface area contributed by atoms with E-state index in [2.05, 4.69) is 26.6 Å². The standard InChI is InChI=1S/C12H16BrClN2O/c1-8(6-15-2)12(17)16-7-9-3-4-10(13)5-11(9)14/h3-5,8,15H,6-7H2,1-2H3,(H,16,17). The number of hydrogen-bond acceptors (Lipinski definition) is 2. The number of carbonyl (C=O) groups is 1. The Balaban J connectivity index is 2.53. The zero-order chi connectivity index (χ0) is 12.8. The molecule has 0 aromatic heterocycles. The van der Waals surface area contributed by atoms with Gasteiger partial charge in [0.25, 0.3) is 0 Å². The molecule has 0 fully saturated rings. The molecule has 17 heavy (non-hydrogen) atoms. The van der Waals surface area contributed by atoms with E-state index in [1.807, 2.05) is 32.2 Å². The molecule has 1 atom stereocenters. The van der Waals surface area contributed by atoms with Crippen molar-refractivity contribution >= 4 is 33.4 Å². The van der Waals surface area contributed by atoms with E-state index in [1.54, 1.807) is 0 Å². The fraction of sp³-hybridized carbons (Fsp3) is 0.417. The first-order valence-electron chi connectivity index (χ1n) is 5.41. The fourth-order valence-electron chi connectivity index (χ4n) is 1.42. The average molecular weight is 320 g/mol. The molecule has 1 rings (SSSR count). The second-order valence-electron chi connectivity index (χ2n) is 3.91. The van der Waals surface area contributed by atoms with Gasteiger partial charge in [0.1, 0.15) is 0 Å². The van der Waals surface area contributed by atoms with Crippen LogP contribution in [0.4, 0.5) is 0 Å². The quantitative estimate of drug-likeness (QED) is 0.876. The molecule has 0 aliphatic rings. The van der Waals surface area contributed by atoms with E-state index in [4.69, 9.17) is 11.6 Å². The van der Waals surface area contributed by atoms with Crippen molar-refractivity contribution < 1.29 is 4.79 Å². The molecule has 1 aromatic carbocycles. The predicted molar refractivity (Wildman–Crippen MR) is 74.1 cm³/mol. The number of benzene rings is 1. The van der Waals surface area contributed by atoms with Crippen LogP contribution in [-0.2, 0) is 11.3 Å². The minimum Gasteiger partial charge on any atom is -0.352 e. The third kappa shape index (κ3) is 4.66. The predicted octanol–water partition coefficient (Wildman–Crippen LogP) is 2.57. The Morgan fingerprint density at radius 2 is 2.24 bits per heavy atom. The molecule has 0 saturated carbocycles. The van der Waals surface area contributed by atoms with E-state index in [0.717, 1.165) is 10.0 Å². The maximum absolute atomic E-state index is 11.7. The van der Waals surface area contributed by atoms with Crippen molar-refractivity contribution in [3.63, 3.8) is 0 Å². The third-order valence-electron chi connectivity index (χ3n) is 2.43. The molecule has 1 unspecified atom stereocenters. The summed E-state index contributed by atoms with van der Waals surface area (Å²) >= 11 is 9.40. The normalized spacial score (nSPS) is 12.2. The van der Waals surface area contributed by atoms with Gasteiger partial charge < -0.3 is 10.6 Å². The van der Waals surface area contributed by atoms with Gasteiger partial charge in [-0.15, -0.1) is 0 Å². The Kier molecular flexibility index (Phi) is 5.95. The van der Waals surface area contributed by atoms with E-state index in [0.29, 0.717) is 18.1 Å². The van der Waals surface area contributed by atoms with E-state index >= 15 is 0 Å². The van der Waals surface area contributed by atoms with Crippen LogP contribution >= 0.6 is 27.5 Å². The summed E-state index contributed by atoms with van der Waals surface area (Å²) in [6.45, 7) is 3.01. The van der Waals surface area contributed by atoms with Crippen molar-refractivity contribution in [2.75, 3.05) is 13.6 Å². The largest absolute Gasteiger partial charge is 0.352 e. The van der Waals surface area contributed by atoms with Gasteiger partial charge in [0.15, 0.2) is 0 Å². The minimum atomic E-state index is -0.0470. The molecular weight excluding hydrogens is 304 g/mol. The maximum Gasteiger partial charge on any atom is 0.224 e. The van der Waals surface area contributed by atoms with E-state index < -0.39 is 0 Å². The van der Waals surface area contributed by atoms with Crippen LogP contribution in [0.25, 0.3) is 0 Å². The van der Waals surface area contributed by atoms with Gasteiger partial charge in [-0.05, 0) is 24.7 Å². The van der Waals surface area contributed by atoms with Crippen molar-refractivity contribution in [2.24, 2.45) is 5.92 Å². The first-order valence-corrected chi connectivity index (χ1v) is 6.58. The van der Waals surface area contributed by atoms with Crippen LogP contribution in [0.15, 0.2) is 22.7 Å².